The van der Waals surface area contributed by atoms with Crippen molar-refractivity contribution in [2.24, 2.45) is 0 Å². The average Bonchev–Trinajstić information content (AvgIpc) is 2.53. The summed E-state index contributed by atoms with van der Waals surface area (Å²) in [6, 6.07) is 6.72. The minimum Gasteiger partial charge on any atom is -0.406 e. The first-order valence-electron chi connectivity index (χ1n) is 6.13. The van der Waals surface area contributed by atoms with E-state index in [1.54, 1.807) is 12.1 Å². The minimum atomic E-state index is -4.63. The summed E-state index contributed by atoms with van der Waals surface area (Å²) in [6.07, 6.45) is -3.52. The molecule has 106 valence electrons. The quantitative estimate of drug-likeness (QED) is 0.897. The topological polar surface area (TPSA) is 21.3 Å². The Morgan fingerprint density at radius 2 is 1.95 bits per heavy atom. The average molecular weight is 291 g/mol. The molecule has 0 spiro atoms. The van der Waals surface area contributed by atoms with Crippen molar-refractivity contribution in [2.75, 3.05) is 11.5 Å². The third kappa shape index (κ3) is 4.62. The molecule has 2 unspecified atom stereocenters. The van der Waals surface area contributed by atoms with E-state index in [4.69, 9.17) is 0 Å². The summed E-state index contributed by atoms with van der Waals surface area (Å²) in [5.41, 5.74) is 0.996. The lowest BCUT2D eigenvalue weighted by Crippen LogP contribution is -2.30. The highest BCUT2D eigenvalue weighted by Gasteiger charge is 2.31. The molecular weight excluding hydrogens is 275 g/mol. The molecule has 0 bridgehead atoms. The van der Waals surface area contributed by atoms with Gasteiger partial charge in [0.05, 0.1) is 0 Å². The Bertz CT molecular complexity index is 407. The molecule has 6 heteroatoms. The number of thioether (sulfide) groups is 1. The summed E-state index contributed by atoms with van der Waals surface area (Å²) in [7, 11) is 0. The molecular formula is C13H16F3NOS. The number of rotatable bonds is 2. The first kappa shape index (κ1) is 14.5. The molecule has 0 saturated carbocycles. The molecule has 19 heavy (non-hydrogen) atoms. The molecule has 1 heterocycles. The third-order valence-electron chi connectivity index (χ3n) is 2.98. The van der Waals surface area contributed by atoms with E-state index in [0.29, 0.717) is 6.04 Å². The number of benzene rings is 1. The van der Waals surface area contributed by atoms with Crippen molar-refractivity contribution >= 4 is 11.8 Å². The molecule has 1 fully saturated rings. The van der Waals surface area contributed by atoms with Crippen molar-refractivity contribution in [2.45, 2.75) is 31.8 Å². The van der Waals surface area contributed by atoms with Gasteiger partial charge in [-0.25, -0.2) is 0 Å². The van der Waals surface area contributed by atoms with Crippen LogP contribution in [0.15, 0.2) is 24.3 Å². The zero-order chi connectivity index (χ0) is 13.9. The van der Waals surface area contributed by atoms with Crippen molar-refractivity contribution in [3.63, 3.8) is 0 Å². The zero-order valence-electron chi connectivity index (χ0n) is 10.5. The van der Waals surface area contributed by atoms with Gasteiger partial charge in [0.25, 0.3) is 0 Å². The van der Waals surface area contributed by atoms with Crippen LogP contribution in [-0.2, 0) is 0 Å². The molecule has 1 aliphatic rings. The molecule has 1 aromatic rings. The normalized spacial score (nSPS) is 24.8. The molecule has 2 atom stereocenters. The number of nitrogens with one attached hydrogen (secondary N) is 1. The van der Waals surface area contributed by atoms with Crippen LogP contribution in [0.5, 0.6) is 5.75 Å². The van der Waals surface area contributed by atoms with Gasteiger partial charge in [-0.1, -0.05) is 12.1 Å². The fourth-order valence-electron chi connectivity index (χ4n) is 2.03. The van der Waals surface area contributed by atoms with E-state index in [1.807, 2.05) is 11.8 Å². The molecule has 1 N–H and O–H groups in total. The van der Waals surface area contributed by atoms with Crippen LogP contribution in [0.4, 0.5) is 13.2 Å². The van der Waals surface area contributed by atoms with Gasteiger partial charge in [-0.3, -0.25) is 0 Å². The molecule has 2 nitrogen and oxygen atoms in total. The van der Waals surface area contributed by atoms with Gasteiger partial charge < -0.3 is 10.1 Å². The van der Waals surface area contributed by atoms with Crippen LogP contribution >= 0.6 is 11.8 Å². The van der Waals surface area contributed by atoms with Crippen LogP contribution in [0.25, 0.3) is 0 Å². The number of ether oxygens (including phenoxy) is 1. The van der Waals surface area contributed by atoms with Gasteiger partial charge in [-0.2, -0.15) is 11.8 Å². The molecule has 1 aromatic carbocycles. The van der Waals surface area contributed by atoms with Crippen molar-refractivity contribution in [3.05, 3.63) is 29.8 Å². The van der Waals surface area contributed by atoms with Crippen LogP contribution in [0, 0.1) is 0 Å². The smallest absolute Gasteiger partial charge is 0.406 e. The number of hydrogen-bond donors (Lipinski definition) is 1. The van der Waals surface area contributed by atoms with Gasteiger partial charge in [-0.15, -0.1) is 13.2 Å². The predicted molar refractivity (Wildman–Crippen MR) is 70.4 cm³/mol. The maximum atomic E-state index is 12.1. The third-order valence-corrected chi connectivity index (χ3v) is 4.07. The fourth-order valence-corrected chi connectivity index (χ4v) is 3.24. The van der Waals surface area contributed by atoms with E-state index >= 15 is 0 Å². The Hall–Kier alpha value is -0.880. The second kappa shape index (κ2) is 6.05. The van der Waals surface area contributed by atoms with Gasteiger partial charge >= 0.3 is 6.36 Å². The monoisotopic (exact) mass is 291 g/mol. The standard InChI is InChI=1S/C13H16F3NOS/c1-9-6-7-19-8-12(17-9)10-2-4-11(5-3-10)18-13(14,15)16/h2-5,9,12,17H,6-8H2,1H3. The summed E-state index contributed by atoms with van der Waals surface area (Å²) < 4.78 is 40.1. The molecule has 0 amide bonds. The molecule has 2 rings (SSSR count). The SMILES string of the molecule is CC1CCSCC(c2ccc(OC(F)(F)F)cc2)N1. The Labute approximate surface area is 114 Å². The van der Waals surface area contributed by atoms with E-state index in [-0.39, 0.29) is 11.8 Å². The fraction of sp³-hybridized carbons (Fsp3) is 0.538. The van der Waals surface area contributed by atoms with Crippen LogP contribution in [0.1, 0.15) is 24.9 Å². The van der Waals surface area contributed by atoms with Crippen LogP contribution in [0.3, 0.4) is 0 Å². The van der Waals surface area contributed by atoms with Crippen LogP contribution in [0.2, 0.25) is 0 Å². The molecule has 0 aromatic heterocycles. The van der Waals surface area contributed by atoms with Crippen molar-refractivity contribution < 1.29 is 17.9 Å². The van der Waals surface area contributed by atoms with Gasteiger partial charge in [-0.05, 0) is 36.8 Å². The maximum absolute atomic E-state index is 12.1. The largest absolute Gasteiger partial charge is 0.573 e. The summed E-state index contributed by atoms with van der Waals surface area (Å²) in [6.45, 7) is 2.13. The second-order valence-electron chi connectivity index (χ2n) is 4.60. The first-order valence-corrected chi connectivity index (χ1v) is 7.29. The molecule has 1 aliphatic heterocycles. The Morgan fingerprint density at radius 3 is 2.58 bits per heavy atom. The summed E-state index contributed by atoms with van der Waals surface area (Å²) in [4.78, 5) is 0. The number of halogens is 3. The van der Waals surface area contributed by atoms with E-state index < -0.39 is 6.36 Å². The maximum Gasteiger partial charge on any atom is 0.573 e. The van der Waals surface area contributed by atoms with Gasteiger partial charge in [0.2, 0.25) is 0 Å². The van der Waals surface area contributed by atoms with E-state index in [0.717, 1.165) is 23.5 Å². The van der Waals surface area contributed by atoms with Crippen molar-refractivity contribution in [3.8, 4) is 5.75 Å². The van der Waals surface area contributed by atoms with Crippen molar-refractivity contribution in [1.29, 1.82) is 0 Å². The zero-order valence-corrected chi connectivity index (χ0v) is 11.4. The molecule has 0 radical (unpaired) electrons. The summed E-state index contributed by atoms with van der Waals surface area (Å²) in [5, 5.41) is 3.48. The Balaban J connectivity index is 2.04. The van der Waals surface area contributed by atoms with Crippen LogP contribution < -0.4 is 10.1 Å². The van der Waals surface area contributed by atoms with Gasteiger partial charge in [0, 0.05) is 17.8 Å². The highest BCUT2D eigenvalue weighted by atomic mass is 32.2. The summed E-state index contributed by atoms with van der Waals surface area (Å²) >= 11 is 1.86. The highest BCUT2D eigenvalue weighted by Crippen LogP contribution is 2.27. The van der Waals surface area contributed by atoms with Crippen LogP contribution in [-0.4, -0.2) is 23.9 Å². The Morgan fingerprint density at radius 1 is 1.26 bits per heavy atom. The number of alkyl halides is 3. The number of hydrogen-bond acceptors (Lipinski definition) is 3. The summed E-state index contributed by atoms with van der Waals surface area (Å²) in [5.74, 6) is 1.87. The van der Waals surface area contributed by atoms with Gasteiger partial charge in [0.1, 0.15) is 5.75 Å². The highest BCUT2D eigenvalue weighted by molar-refractivity contribution is 7.99. The van der Waals surface area contributed by atoms with E-state index in [1.165, 1.54) is 12.1 Å². The lowest BCUT2D eigenvalue weighted by Gasteiger charge is -2.20. The predicted octanol–water partition coefficient (Wildman–Crippen LogP) is 3.74. The van der Waals surface area contributed by atoms with Gasteiger partial charge in [0.15, 0.2) is 0 Å². The van der Waals surface area contributed by atoms with E-state index in [9.17, 15) is 13.2 Å². The second-order valence-corrected chi connectivity index (χ2v) is 5.75. The van der Waals surface area contributed by atoms with Crippen molar-refractivity contribution in [1.82, 2.24) is 5.32 Å². The lowest BCUT2D eigenvalue weighted by molar-refractivity contribution is -0.274. The van der Waals surface area contributed by atoms with E-state index in [2.05, 4.69) is 17.0 Å². The molecule has 1 saturated heterocycles. The first-order chi connectivity index (χ1) is 8.94. The Kier molecular flexibility index (Phi) is 4.62. The lowest BCUT2D eigenvalue weighted by atomic mass is 10.1. The molecule has 0 aliphatic carbocycles. The minimum absolute atomic E-state index is 0.175.